The Labute approximate surface area is 116 Å². The number of hydrogen-bond donors (Lipinski definition) is 2. The summed E-state index contributed by atoms with van der Waals surface area (Å²) in [7, 11) is 0. The van der Waals surface area contributed by atoms with Gasteiger partial charge in [-0.15, -0.1) is 0 Å². The average Bonchev–Trinajstić information content (AvgIpc) is 3.02. The molecule has 0 aromatic carbocycles. The fourth-order valence-electron chi connectivity index (χ4n) is 4.72. The third-order valence-corrected chi connectivity index (χ3v) is 5.83. The minimum Gasteiger partial charge on any atom is -0.353 e. The summed E-state index contributed by atoms with van der Waals surface area (Å²) in [6.07, 6.45) is 9.58. The maximum absolute atomic E-state index is 12.8. The van der Waals surface area contributed by atoms with Crippen LogP contribution in [0.15, 0.2) is 0 Å². The molecular formula is C16H28N2O. The number of carbonyl (C=O) groups excluding carboxylic acids is 1. The molecule has 0 radical (unpaired) electrons. The quantitative estimate of drug-likeness (QED) is 0.819. The second kappa shape index (κ2) is 5.43. The van der Waals surface area contributed by atoms with Crippen molar-refractivity contribution in [3.05, 3.63) is 0 Å². The molecule has 1 saturated heterocycles. The lowest BCUT2D eigenvalue weighted by Gasteiger charge is -2.38. The van der Waals surface area contributed by atoms with E-state index in [-0.39, 0.29) is 5.41 Å². The molecule has 0 aromatic heterocycles. The molecule has 1 amide bonds. The average molecular weight is 264 g/mol. The van der Waals surface area contributed by atoms with Crippen molar-refractivity contribution in [2.45, 2.75) is 64.3 Å². The maximum Gasteiger partial charge on any atom is 0.226 e. The lowest BCUT2D eigenvalue weighted by atomic mass is 9.74. The van der Waals surface area contributed by atoms with Crippen LogP contribution in [0, 0.1) is 17.3 Å². The van der Waals surface area contributed by atoms with E-state index < -0.39 is 0 Å². The third-order valence-electron chi connectivity index (χ3n) is 5.83. The van der Waals surface area contributed by atoms with Crippen molar-refractivity contribution in [2.24, 2.45) is 17.3 Å². The Balaban J connectivity index is 1.63. The Bertz CT molecular complexity index is 330. The van der Waals surface area contributed by atoms with E-state index in [4.69, 9.17) is 0 Å². The van der Waals surface area contributed by atoms with Crippen molar-refractivity contribution in [1.82, 2.24) is 10.6 Å². The fourth-order valence-corrected chi connectivity index (χ4v) is 4.72. The van der Waals surface area contributed by atoms with Crippen molar-refractivity contribution in [2.75, 3.05) is 13.1 Å². The summed E-state index contributed by atoms with van der Waals surface area (Å²) in [5, 5.41) is 6.83. The molecule has 3 aliphatic rings. The van der Waals surface area contributed by atoms with E-state index in [9.17, 15) is 4.79 Å². The van der Waals surface area contributed by atoms with Gasteiger partial charge in [0.15, 0.2) is 0 Å². The van der Waals surface area contributed by atoms with Gasteiger partial charge in [-0.1, -0.05) is 19.8 Å². The first-order valence-corrected chi connectivity index (χ1v) is 8.25. The fraction of sp³-hybridized carbons (Fsp3) is 0.938. The summed E-state index contributed by atoms with van der Waals surface area (Å²) < 4.78 is 0. The summed E-state index contributed by atoms with van der Waals surface area (Å²) in [4.78, 5) is 12.8. The van der Waals surface area contributed by atoms with Crippen molar-refractivity contribution in [3.63, 3.8) is 0 Å². The molecule has 108 valence electrons. The van der Waals surface area contributed by atoms with Crippen LogP contribution in [0.1, 0.15) is 58.3 Å². The molecule has 2 saturated carbocycles. The summed E-state index contributed by atoms with van der Waals surface area (Å²) in [6.45, 7) is 4.21. The third kappa shape index (κ3) is 2.54. The SMILES string of the molecule is CCCC1(C(=O)NC2CC3CCC2C3)CCNCC1. The van der Waals surface area contributed by atoms with Gasteiger partial charge in [0, 0.05) is 6.04 Å². The topological polar surface area (TPSA) is 41.1 Å². The first-order valence-electron chi connectivity index (χ1n) is 8.25. The molecule has 1 heterocycles. The van der Waals surface area contributed by atoms with Crippen molar-refractivity contribution < 1.29 is 4.79 Å². The number of hydrogen-bond acceptors (Lipinski definition) is 2. The monoisotopic (exact) mass is 264 g/mol. The van der Waals surface area contributed by atoms with Crippen LogP contribution >= 0.6 is 0 Å². The molecule has 0 aromatic rings. The number of nitrogens with one attached hydrogen (secondary N) is 2. The van der Waals surface area contributed by atoms with Crippen LogP contribution in [0.25, 0.3) is 0 Å². The Hall–Kier alpha value is -0.570. The molecule has 0 spiro atoms. The van der Waals surface area contributed by atoms with Gasteiger partial charge in [0.05, 0.1) is 5.41 Å². The van der Waals surface area contributed by atoms with Crippen LogP contribution in [-0.4, -0.2) is 25.0 Å². The van der Waals surface area contributed by atoms with E-state index in [2.05, 4.69) is 17.6 Å². The Morgan fingerprint density at radius 2 is 2.05 bits per heavy atom. The van der Waals surface area contributed by atoms with E-state index in [1.54, 1.807) is 0 Å². The highest BCUT2D eigenvalue weighted by Gasteiger charge is 2.44. The molecule has 2 bridgehead atoms. The highest BCUT2D eigenvalue weighted by molar-refractivity contribution is 5.83. The molecule has 2 N–H and O–H groups in total. The molecule has 2 aliphatic carbocycles. The lowest BCUT2D eigenvalue weighted by molar-refractivity contribution is -0.134. The minimum absolute atomic E-state index is 0.0676. The molecule has 3 fully saturated rings. The zero-order valence-electron chi connectivity index (χ0n) is 12.2. The molecule has 3 heteroatoms. The van der Waals surface area contributed by atoms with E-state index in [0.29, 0.717) is 11.9 Å². The summed E-state index contributed by atoms with van der Waals surface area (Å²) in [6, 6.07) is 0.495. The molecule has 3 unspecified atom stereocenters. The Morgan fingerprint density at radius 3 is 2.63 bits per heavy atom. The minimum atomic E-state index is -0.0676. The van der Waals surface area contributed by atoms with Crippen LogP contribution in [0.5, 0.6) is 0 Å². The summed E-state index contributed by atoms with van der Waals surface area (Å²) in [5.74, 6) is 2.06. The smallest absolute Gasteiger partial charge is 0.226 e. The van der Waals surface area contributed by atoms with Crippen LogP contribution in [0.4, 0.5) is 0 Å². The van der Waals surface area contributed by atoms with E-state index in [1.807, 2.05) is 0 Å². The first kappa shape index (κ1) is 13.4. The highest BCUT2D eigenvalue weighted by atomic mass is 16.2. The Kier molecular flexibility index (Phi) is 3.84. The number of fused-ring (bicyclic) bond motifs is 2. The van der Waals surface area contributed by atoms with E-state index >= 15 is 0 Å². The summed E-state index contributed by atoms with van der Waals surface area (Å²) >= 11 is 0. The van der Waals surface area contributed by atoms with Crippen LogP contribution in [-0.2, 0) is 4.79 Å². The molecule has 1 aliphatic heterocycles. The van der Waals surface area contributed by atoms with E-state index in [1.165, 1.54) is 25.7 Å². The summed E-state index contributed by atoms with van der Waals surface area (Å²) in [5.41, 5.74) is -0.0676. The van der Waals surface area contributed by atoms with Crippen molar-refractivity contribution >= 4 is 5.91 Å². The second-order valence-electron chi connectivity index (χ2n) is 7.04. The van der Waals surface area contributed by atoms with Crippen molar-refractivity contribution in [3.8, 4) is 0 Å². The molecule has 3 nitrogen and oxygen atoms in total. The predicted molar refractivity (Wildman–Crippen MR) is 76.8 cm³/mol. The molecule has 3 rings (SSSR count). The van der Waals surface area contributed by atoms with Gasteiger partial charge in [0.2, 0.25) is 5.91 Å². The van der Waals surface area contributed by atoms with Crippen LogP contribution < -0.4 is 10.6 Å². The van der Waals surface area contributed by atoms with Gasteiger partial charge in [0.25, 0.3) is 0 Å². The highest BCUT2D eigenvalue weighted by Crippen LogP contribution is 2.45. The zero-order valence-corrected chi connectivity index (χ0v) is 12.2. The van der Waals surface area contributed by atoms with Crippen LogP contribution in [0.3, 0.4) is 0 Å². The molecule has 3 atom stereocenters. The Morgan fingerprint density at radius 1 is 1.26 bits per heavy atom. The van der Waals surface area contributed by atoms with Gasteiger partial charge in [-0.2, -0.15) is 0 Å². The number of carbonyl (C=O) groups is 1. The number of rotatable bonds is 4. The lowest BCUT2D eigenvalue weighted by Crippen LogP contribution is -2.51. The van der Waals surface area contributed by atoms with Gasteiger partial charge < -0.3 is 10.6 Å². The normalized spacial score (nSPS) is 36.4. The number of piperidine rings is 1. The van der Waals surface area contributed by atoms with Gasteiger partial charge in [-0.25, -0.2) is 0 Å². The van der Waals surface area contributed by atoms with E-state index in [0.717, 1.165) is 50.6 Å². The molecular weight excluding hydrogens is 236 g/mol. The molecule has 19 heavy (non-hydrogen) atoms. The standard InChI is InChI=1S/C16H28N2O/c1-2-5-16(6-8-17-9-7-16)15(19)18-14-11-12-3-4-13(14)10-12/h12-14,17H,2-11H2,1H3,(H,18,19). The first-order chi connectivity index (χ1) is 9.23. The van der Waals surface area contributed by atoms with Gasteiger partial charge >= 0.3 is 0 Å². The van der Waals surface area contributed by atoms with Gasteiger partial charge in [0.1, 0.15) is 0 Å². The van der Waals surface area contributed by atoms with Crippen molar-refractivity contribution in [1.29, 1.82) is 0 Å². The zero-order chi connectivity index (χ0) is 13.3. The largest absolute Gasteiger partial charge is 0.353 e. The predicted octanol–water partition coefficient (Wildman–Crippen LogP) is 2.46. The second-order valence-corrected chi connectivity index (χ2v) is 7.04. The van der Waals surface area contributed by atoms with Crippen LogP contribution in [0.2, 0.25) is 0 Å². The van der Waals surface area contributed by atoms with Gasteiger partial charge in [-0.3, -0.25) is 4.79 Å². The number of amides is 1. The maximum atomic E-state index is 12.8. The van der Waals surface area contributed by atoms with Gasteiger partial charge in [-0.05, 0) is 63.5 Å².